The number of hydrogen-bond acceptors (Lipinski definition) is 2. The lowest BCUT2D eigenvalue weighted by atomic mass is 10.2. The Morgan fingerprint density at radius 3 is 2.93 bits per heavy atom. The monoisotopic (exact) mass is 211 g/mol. The number of rotatable bonds is 2. The molecule has 0 fully saturated rings. The quantitative estimate of drug-likeness (QED) is 0.801. The molecule has 0 spiro atoms. The average molecular weight is 212 g/mol. The Balaban J connectivity index is 2.79. The number of aromatic nitrogens is 1. The number of methoxy groups -OCH3 is 1. The smallest absolute Gasteiger partial charge is 0.142 e. The number of aliphatic hydroxyl groups is 1. The summed E-state index contributed by atoms with van der Waals surface area (Å²) < 4.78 is 5.17. The van der Waals surface area contributed by atoms with Gasteiger partial charge in [0.15, 0.2) is 0 Å². The average Bonchev–Trinajstić information content (AvgIpc) is 2.52. The minimum atomic E-state index is -0.0774. The summed E-state index contributed by atoms with van der Waals surface area (Å²) in [6, 6.07) is 5.60. The summed E-state index contributed by atoms with van der Waals surface area (Å²) in [5.41, 5.74) is 1.53. The maximum Gasteiger partial charge on any atom is 0.142 e. The molecule has 0 radical (unpaired) electrons. The van der Waals surface area contributed by atoms with E-state index in [9.17, 15) is 0 Å². The molecule has 0 aliphatic rings. The molecule has 0 amide bonds. The Kier molecular flexibility index (Phi) is 2.35. The van der Waals surface area contributed by atoms with Crippen LogP contribution in [0.5, 0.6) is 5.75 Å². The first-order valence-corrected chi connectivity index (χ1v) is 4.59. The number of aromatic amines is 1. The van der Waals surface area contributed by atoms with E-state index in [0.29, 0.717) is 10.7 Å². The van der Waals surface area contributed by atoms with Crippen LogP contribution in [0.25, 0.3) is 10.9 Å². The van der Waals surface area contributed by atoms with Gasteiger partial charge in [0.25, 0.3) is 0 Å². The van der Waals surface area contributed by atoms with Crippen LogP contribution >= 0.6 is 11.6 Å². The Labute approximate surface area is 86.3 Å². The molecule has 2 N–H and O–H groups in total. The van der Waals surface area contributed by atoms with Gasteiger partial charge in [0.1, 0.15) is 10.9 Å². The van der Waals surface area contributed by atoms with Crippen LogP contribution in [0.2, 0.25) is 5.15 Å². The van der Waals surface area contributed by atoms with Crippen molar-refractivity contribution in [3.05, 3.63) is 28.9 Å². The third-order valence-corrected chi connectivity index (χ3v) is 2.55. The van der Waals surface area contributed by atoms with Gasteiger partial charge in [0.2, 0.25) is 0 Å². The van der Waals surface area contributed by atoms with Gasteiger partial charge in [-0.3, -0.25) is 0 Å². The fourth-order valence-corrected chi connectivity index (χ4v) is 1.80. The second-order valence-electron chi connectivity index (χ2n) is 2.96. The predicted molar refractivity (Wildman–Crippen MR) is 55.8 cm³/mol. The number of halogens is 1. The number of nitrogens with one attached hydrogen (secondary N) is 1. The lowest BCUT2D eigenvalue weighted by molar-refractivity contribution is 0.283. The van der Waals surface area contributed by atoms with Gasteiger partial charge in [0, 0.05) is 10.9 Å². The number of aliphatic hydroxyl groups excluding tert-OH is 1. The zero-order valence-corrected chi connectivity index (χ0v) is 8.43. The highest BCUT2D eigenvalue weighted by molar-refractivity contribution is 6.31. The van der Waals surface area contributed by atoms with Gasteiger partial charge in [0.05, 0.1) is 19.2 Å². The van der Waals surface area contributed by atoms with E-state index in [-0.39, 0.29) is 6.61 Å². The van der Waals surface area contributed by atoms with Gasteiger partial charge in [-0.25, -0.2) is 0 Å². The fourth-order valence-electron chi connectivity index (χ4n) is 1.54. The molecule has 3 nitrogen and oxygen atoms in total. The van der Waals surface area contributed by atoms with Crippen molar-refractivity contribution in [2.75, 3.05) is 7.11 Å². The van der Waals surface area contributed by atoms with Crippen molar-refractivity contribution in [1.82, 2.24) is 4.98 Å². The van der Waals surface area contributed by atoms with Crippen LogP contribution in [-0.2, 0) is 6.61 Å². The first-order valence-electron chi connectivity index (χ1n) is 4.22. The zero-order valence-electron chi connectivity index (χ0n) is 7.67. The van der Waals surface area contributed by atoms with E-state index in [1.54, 1.807) is 7.11 Å². The SMILES string of the molecule is COc1cccc2c(CO)c(Cl)[nH]c12. The molecule has 4 heteroatoms. The Hall–Kier alpha value is -1.19. The van der Waals surface area contributed by atoms with Crippen LogP contribution in [0.1, 0.15) is 5.56 Å². The van der Waals surface area contributed by atoms with Crippen LogP contribution < -0.4 is 4.74 Å². The maximum atomic E-state index is 9.12. The van der Waals surface area contributed by atoms with Gasteiger partial charge in [-0.1, -0.05) is 23.7 Å². The van der Waals surface area contributed by atoms with Crippen LogP contribution in [-0.4, -0.2) is 17.2 Å². The molecular weight excluding hydrogens is 202 g/mol. The summed E-state index contributed by atoms with van der Waals surface area (Å²) >= 11 is 5.93. The van der Waals surface area contributed by atoms with Gasteiger partial charge < -0.3 is 14.8 Å². The maximum absolute atomic E-state index is 9.12. The summed E-state index contributed by atoms with van der Waals surface area (Å²) in [4.78, 5) is 2.98. The van der Waals surface area contributed by atoms with Crippen LogP contribution in [0.4, 0.5) is 0 Å². The molecule has 14 heavy (non-hydrogen) atoms. The van der Waals surface area contributed by atoms with E-state index in [4.69, 9.17) is 21.4 Å². The minimum Gasteiger partial charge on any atom is -0.495 e. The third kappa shape index (κ3) is 1.25. The summed E-state index contributed by atoms with van der Waals surface area (Å²) in [6.07, 6.45) is 0. The van der Waals surface area contributed by atoms with E-state index >= 15 is 0 Å². The molecule has 1 aromatic carbocycles. The highest BCUT2D eigenvalue weighted by atomic mass is 35.5. The number of ether oxygens (including phenoxy) is 1. The summed E-state index contributed by atoms with van der Waals surface area (Å²) in [5, 5.41) is 10.5. The van der Waals surface area contributed by atoms with E-state index in [1.165, 1.54) is 0 Å². The first-order chi connectivity index (χ1) is 6.77. The van der Waals surface area contributed by atoms with E-state index in [1.807, 2.05) is 18.2 Å². The number of benzene rings is 1. The molecule has 0 aliphatic heterocycles. The lowest BCUT2D eigenvalue weighted by Gasteiger charge is -2.00. The summed E-state index contributed by atoms with van der Waals surface area (Å²) in [7, 11) is 1.60. The normalized spacial score (nSPS) is 10.8. The van der Waals surface area contributed by atoms with Gasteiger partial charge in [-0.2, -0.15) is 0 Å². The largest absolute Gasteiger partial charge is 0.495 e. The van der Waals surface area contributed by atoms with Crippen molar-refractivity contribution in [2.24, 2.45) is 0 Å². The van der Waals surface area contributed by atoms with Crippen LogP contribution in [0, 0.1) is 0 Å². The van der Waals surface area contributed by atoms with Crippen molar-refractivity contribution in [3.63, 3.8) is 0 Å². The summed E-state index contributed by atoms with van der Waals surface area (Å²) in [5.74, 6) is 0.726. The molecule has 0 aliphatic carbocycles. The number of hydrogen-bond donors (Lipinski definition) is 2. The predicted octanol–water partition coefficient (Wildman–Crippen LogP) is 2.32. The summed E-state index contributed by atoms with van der Waals surface area (Å²) in [6.45, 7) is -0.0774. The van der Waals surface area contributed by atoms with Crippen molar-refractivity contribution in [1.29, 1.82) is 0 Å². The second kappa shape index (κ2) is 3.52. The molecule has 0 bridgehead atoms. The molecule has 1 heterocycles. The number of fused-ring (bicyclic) bond motifs is 1. The molecule has 0 unspecified atom stereocenters. The Morgan fingerprint density at radius 2 is 2.29 bits per heavy atom. The molecule has 0 saturated heterocycles. The zero-order chi connectivity index (χ0) is 10.1. The minimum absolute atomic E-state index is 0.0774. The second-order valence-corrected chi connectivity index (χ2v) is 3.34. The molecule has 2 aromatic rings. The number of para-hydroxylation sites is 1. The lowest BCUT2D eigenvalue weighted by Crippen LogP contribution is -1.84. The molecule has 0 atom stereocenters. The van der Waals surface area contributed by atoms with E-state index in [2.05, 4.69) is 4.98 Å². The van der Waals surface area contributed by atoms with E-state index < -0.39 is 0 Å². The van der Waals surface area contributed by atoms with Gasteiger partial charge >= 0.3 is 0 Å². The Morgan fingerprint density at radius 1 is 1.50 bits per heavy atom. The van der Waals surface area contributed by atoms with Crippen LogP contribution in [0.3, 0.4) is 0 Å². The molecule has 74 valence electrons. The van der Waals surface area contributed by atoms with Crippen LogP contribution in [0.15, 0.2) is 18.2 Å². The van der Waals surface area contributed by atoms with Crippen molar-refractivity contribution in [3.8, 4) is 5.75 Å². The molecule has 2 rings (SSSR count). The van der Waals surface area contributed by atoms with Crippen molar-refractivity contribution >= 4 is 22.5 Å². The topological polar surface area (TPSA) is 45.2 Å². The highest BCUT2D eigenvalue weighted by Crippen LogP contribution is 2.31. The first kappa shape index (κ1) is 9.37. The fraction of sp³-hybridized carbons (Fsp3) is 0.200. The Bertz CT molecular complexity index is 464. The third-order valence-electron chi connectivity index (χ3n) is 2.23. The standard InChI is InChI=1S/C10H10ClNO2/c1-14-8-4-2-3-6-7(5-13)10(11)12-9(6)8/h2-4,12-13H,5H2,1H3. The van der Waals surface area contributed by atoms with Crippen molar-refractivity contribution < 1.29 is 9.84 Å². The molecular formula is C10H10ClNO2. The molecule has 0 saturated carbocycles. The van der Waals surface area contributed by atoms with E-state index in [0.717, 1.165) is 16.7 Å². The highest BCUT2D eigenvalue weighted by Gasteiger charge is 2.11. The van der Waals surface area contributed by atoms with Gasteiger partial charge in [-0.15, -0.1) is 0 Å². The van der Waals surface area contributed by atoms with Crippen molar-refractivity contribution in [2.45, 2.75) is 6.61 Å². The number of H-pyrrole nitrogens is 1. The molecule has 1 aromatic heterocycles. The van der Waals surface area contributed by atoms with Gasteiger partial charge in [-0.05, 0) is 6.07 Å².